The van der Waals surface area contributed by atoms with E-state index in [2.05, 4.69) is 21.2 Å². The standard InChI is InChI=1S/C15H13BrN2O5S/c16-6-7-24(23)10-3-1-2-8-12(10)15(22)18(14(8)21)9-4-5-11(19)17-13(9)20/h1-3,9H,4-7H2,(H,17,19,20). The molecule has 0 radical (unpaired) electrons. The van der Waals surface area contributed by atoms with E-state index in [1.165, 1.54) is 6.07 Å². The Labute approximate surface area is 148 Å². The van der Waals surface area contributed by atoms with Crippen molar-refractivity contribution in [2.24, 2.45) is 0 Å². The third-order valence-corrected chi connectivity index (χ3v) is 6.26. The number of imide groups is 2. The number of fused-ring (bicyclic) bond motifs is 1. The molecule has 7 nitrogen and oxygen atoms in total. The largest absolute Gasteiger partial charge is 0.295 e. The van der Waals surface area contributed by atoms with Crippen LogP contribution in [0.25, 0.3) is 0 Å². The molecule has 0 spiro atoms. The van der Waals surface area contributed by atoms with Gasteiger partial charge in [0.25, 0.3) is 11.8 Å². The molecular formula is C15H13BrN2O5S. The van der Waals surface area contributed by atoms with E-state index in [4.69, 9.17) is 0 Å². The van der Waals surface area contributed by atoms with Crippen molar-refractivity contribution < 1.29 is 23.4 Å². The summed E-state index contributed by atoms with van der Waals surface area (Å²) in [7, 11) is -1.44. The van der Waals surface area contributed by atoms with Gasteiger partial charge >= 0.3 is 0 Å². The molecule has 2 aliphatic rings. The van der Waals surface area contributed by atoms with E-state index in [0.29, 0.717) is 16.0 Å². The van der Waals surface area contributed by atoms with E-state index >= 15 is 0 Å². The van der Waals surface area contributed by atoms with E-state index < -0.39 is 40.5 Å². The second kappa shape index (κ2) is 6.56. The van der Waals surface area contributed by atoms with Crippen molar-refractivity contribution in [1.82, 2.24) is 10.2 Å². The number of carbonyl (C=O) groups is 4. The summed E-state index contributed by atoms with van der Waals surface area (Å²) in [6.45, 7) is 0. The third kappa shape index (κ3) is 2.71. The lowest BCUT2D eigenvalue weighted by atomic mass is 10.0. The first-order valence-corrected chi connectivity index (χ1v) is 9.68. The Morgan fingerprint density at radius 3 is 2.62 bits per heavy atom. The highest BCUT2D eigenvalue weighted by Crippen LogP contribution is 2.31. The van der Waals surface area contributed by atoms with Crippen LogP contribution in [0.3, 0.4) is 0 Å². The molecule has 0 bridgehead atoms. The normalized spacial score (nSPS) is 21.7. The van der Waals surface area contributed by atoms with Crippen LogP contribution in [-0.2, 0) is 20.4 Å². The van der Waals surface area contributed by atoms with Gasteiger partial charge in [-0.25, -0.2) is 0 Å². The van der Waals surface area contributed by atoms with Crippen molar-refractivity contribution in [1.29, 1.82) is 0 Å². The molecule has 1 saturated heterocycles. The van der Waals surface area contributed by atoms with Gasteiger partial charge in [0.05, 0.1) is 26.8 Å². The zero-order valence-corrected chi connectivity index (χ0v) is 14.8. The number of amides is 4. The molecule has 2 unspecified atom stereocenters. The van der Waals surface area contributed by atoms with Crippen LogP contribution in [0, 0.1) is 0 Å². The molecule has 4 amide bonds. The van der Waals surface area contributed by atoms with Crippen molar-refractivity contribution in [3.05, 3.63) is 29.3 Å². The number of halogens is 1. The number of alkyl halides is 1. The highest BCUT2D eigenvalue weighted by atomic mass is 79.9. The number of nitrogens with one attached hydrogen (secondary N) is 1. The second-order valence-electron chi connectivity index (χ2n) is 5.36. The number of hydrogen-bond donors (Lipinski definition) is 1. The zero-order chi connectivity index (χ0) is 17.4. The van der Waals surface area contributed by atoms with E-state index in [1.807, 2.05) is 0 Å². The predicted molar refractivity (Wildman–Crippen MR) is 88.2 cm³/mol. The molecule has 1 N–H and O–H groups in total. The number of nitrogens with zero attached hydrogens (tertiary/aromatic N) is 1. The van der Waals surface area contributed by atoms with Gasteiger partial charge in [-0.1, -0.05) is 22.0 Å². The lowest BCUT2D eigenvalue weighted by Gasteiger charge is -2.27. The molecule has 1 fully saturated rings. The number of hydrogen-bond acceptors (Lipinski definition) is 5. The van der Waals surface area contributed by atoms with Gasteiger partial charge in [-0.15, -0.1) is 0 Å². The summed E-state index contributed by atoms with van der Waals surface area (Å²) >= 11 is 3.20. The van der Waals surface area contributed by atoms with Gasteiger partial charge in [-0.05, 0) is 18.6 Å². The van der Waals surface area contributed by atoms with Crippen molar-refractivity contribution >= 4 is 50.4 Å². The van der Waals surface area contributed by atoms with Gasteiger partial charge in [-0.3, -0.25) is 33.6 Å². The SMILES string of the molecule is O=C1CCC(N2C(=O)c3cccc(S(=O)CCBr)c3C2=O)C(=O)N1. The number of carbonyl (C=O) groups excluding carboxylic acids is 4. The summed E-state index contributed by atoms with van der Waals surface area (Å²) in [5, 5.41) is 2.63. The minimum absolute atomic E-state index is 0.0617. The average molecular weight is 413 g/mol. The average Bonchev–Trinajstić information content (AvgIpc) is 2.80. The molecule has 2 heterocycles. The quantitative estimate of drug-likeness (QED) is 0.575. The lowest BCUT2D eigenvalue weighted by Crippen LogP contribution is -2.54. The molecule has 9 heteroatoms. The van der Waals surface area contributed by atoms with Crippen LogP contribution in [0.5, 0.6) is 0 Å². The third-order valence-electron chi connectivity index (χ3n) is 3.94. The molecule has 0 saturated carbocycles. The Hall–Kier alpha value is -1.87. The monoisotopic (exact) mass is 412 g/mol. The zero-order valence-electron chi connectivity index (χ0n) is 12.4. The fraction of sp³-hybridized carbons (Fsp3) is 0.333. The van der Waals surface area contributed by atoms with Crippen molar-refractivity contribution in [3.8, 4) is 0 Å². The van der Waals surface area contributed by atoms with Crippen molar-refractivity contribution in [2.45, 2.75) is 23.8 Å². The summed E-state index contributed by atoms with van der Waals surface area (Å²) in [4.78, 5) is 49.8. The summed E-state index contributed by atoms with van der Waals surface area (Å²) in [5.41, 5.74) is 0.233. The fourth-order valence-electron chi connectivity index (χ4n) is 2.85. The van der Waals surface area contributed by atoms with Gasteiger partial charge < -0.3 is 0 Å². The number of benzene rings is 1. The first-order valence-electron chi connectivity index (χ1n) is 7.24. The van der Waals surface area contributed by atoms with E-state index in [-0.39, 0.29) is 24.0 Å². The van der Waals surface area contributed by atoms with E-state index in [0.717, 1.165) is 4.90 Å². The molecule has 0 aliphatic carbocycles. The molecule has 1 aromatic carbocycles. The molecule has 2 aliphatic heterocycles. The van der Waals surface area contributed by atoms with Crippen LogP contribution in [0.4, 0.5) is 0 Å². The molecule has 1 aromatic rings. The Morgan fingerprint density at radius 1 is 1.21 bits per heavy atom. The van der Waals surface area contributed by atoms with Crippen LogP contribution in [-0.4, -0.2) is 49.9 Å². The Bertz CT molecular complexity index is 794. The van der Waals surface area contributed by atoms with Gasteiger partial charge in [0, 0.05) is 17.5 Å². The molecule has 2 atom stereocenters. The minimum atomic E-state index is -1.44. The highest BCUT2D eigenvalue weighted by Gasteiger charge is 2.45. The molecule has 3 rings (SSSR count). The van der Waals surface area contributed by atoms with Gasteiger partial charge in [-0.2, -0.15) is 0 Å². The molecule has 24 heavy (non-hydrogen) atoms. The van der Waals surface area contributed by atoms with Crippen LogP contribution < -0.4 is 5.32 Å². The van der Waals surface area contributed by atoms with Crippen LogP contribution in [0.15, 0.2) is 23.1 Å². The summed E-state index contributed by atoms with van der Waals surface area (Å²) in [5.74, 6) is -2.02. The van der Waals surface area contributed by atoms with E-state index in [9.17, 15) is 23.4 Å². The Balaban J connectivity index is 2.00. The second-order valence-corrected chi connectivity index (χ2v) is 7.70. The number of piperidine rings is 1. The maximum absolute atomic E-state index is 12.8. The van der Waals surface area contributed by atoms with Crippen LogP contribution in [0.1, 0.15) is 33.6 Å². The molecular weight excluding hydrogens is 400 g/mol. The van der Waals surface area contributed by atoms with Crippen LogP contribution >= 0.6 is 15.9 Å². The van der Waals surface area contributed by atoms with Crippen molar-refractivity contribution in [3.63, 3.8) is 0 Å². The highest BCUT2D eigenvalue weighted by molar-refractivity contribution is 9.09. The van der Waals surface area contributed by atoms with Crippen molar-refractivity contribution in [2.75, 3.05) is 11.1 Å². The van der Waals surface area contributed by atoms with E-state index in [1.54, 1.807) is 12.1 Å². The lowest BCUT2D eigenvalue weighted by molar-refractivity contribution is -0.136. The smallest absolute Gasteiger partial charge is 0.263 e. The molecule has 0 aromatic heterocycles. The molecule has 126 valence electrons. The van der Waals surface area contributed by atoms with Gasteiger partial charge in [0.2, 0.25) is 11.8 Å². The Kier molecular flexibility index (Phi) is 4.64. The maximum atomic E-state index is 12.8. The van der Waals surface area contributed by atoms with Gasteiger partial charge in [0.15, 0.2) is 0 Å². The first-order chi connectivity index (χ1) is 11.5. The van der Waals surface area contributed by atoms with Gasteiger partial charge in [0.1, 0.15) is 6.04 Å². The summed E-state index contributed by atoms with van der Waals surface area (Å²) in [6.07, 6.45) is 0.155. The van der Waals surface area contributed by atoms with Crippen LogP contribution in [0.2, 0.25) is 0 Å². The fourth-order valence-corrected chi connectivity index (χ4v) is 4.75. The number of rotatable bonds is 4. The summed E-state index contributed by atoms with van der Waals surface area (Å²) < 4.78 is 12.3. The maximum Gasteiger partial charge on any atom is 0.263 e. The minimum Gasteiger partial charge on any atom is -0.295 e. The first kappa shape index (κ1) is 17.0. The Morgan fingerprint density at radius 2 is 1.96 bits per heavy atom. The topological polar surface area (TPSA) is 101 Å². The predicted octanol–water partition coefficient (Wildman–Crippen LogP) is 0.590. The summed E-state index contributed by atoms with van der Waals surface area (Å²) in [6, 6.07) is 3.58.